The van der Waals surface area contributed by atoms with E-state index in [9.17, 15) is 5.11 Å². The Morgan fingerprint density at radius 2 is 2.00 bits per heavy atom. The second kappa shape index (κ2) is 4.99. The molecule has 0 fully saturated rings. The number of hydrogen-bond acceptors (Lipinski definition) is 2. The van der Waals surface area contributed by atoms with Crippen molar-refractivity contribution in [2.24, 2.45) is 0 Å². The lowest BCUT2D eigenvalue weighted by atomic mass is 9.86. The molecule has 0 aliphatic carbocycles. The highest BCUT2D eigenvalue weighted by molar-refractivity contribution is 5.86. The molecule has 0 saturated carbocycles. The summed E-state index contributed by atoms with van der Waals surface area (Å²) in [5.74, 6) is 0. The number of benzene rings is 1. The largest absolute Gasteiger partial charge is 0.387 e. The molecule has 3 heteroatoms. The van der Waals surface area contributed by atoms with Crippen LogP contribution in [-0.4, -0.2) is 23.7 Å². The number of aryl methyl sites for hydroxylation is 1. The maximum atomic E-state index is 10.3. The Kier molecular flexibility index (Phi) is 3.70. The highest BCUT2D eigenvalue weighted by atomic mass is 16.3. The average Bonchev–Trinajstić information content (AvgIpc) is 2.62. The van der Waals surface area contributed by atoms with Gasteiger partial charge in [0.05, 0.1) is 6.10 Å². The van der Waals surface area contributed by atoms with Gasteiger partial charge in [0.1, 0.15) is 0 Å². The van der Waals surface area contributed by atoms with E-state index >= 15 is 0 Å². The summed E-state index contributed by atoms with van der Waals surface area (Å²) in [6.45, 7) is 9.20. The monoisotopic (exact) mass is 260 g/mol. The molecule has 1 unspecified atom stereocenters. The first-order chi connectivity index (χ1) is 8.84. The number of hydrogen-bond donors (Lipinski definition) is 3. The van der Waals surface area contributed by atoms with Crippen LogP contribution in [0.4, 0.5) is 0 Å². The minimum atomic E-state index is -0.478. The Morgan fingerprint density at radius 3 is 2.58 bits per heavy atom. The number of aliphatic hydroxyl groups excluding tert-OH is 1. The van der Waals surface area contributed by atoms with Crippen LogP contribution in [0.5, 0.6) is 0 Å². The summed E-state index contributed by atoms with van der Waals surface area (Å²) in [6.07, 6.45) is -0.478. The number of aliphatic hydroxyl groups is 1. The highest BCUT2D eigenvalue weighted by Crippen LogP contribution is 2.32. The number of H-pyrrole nitrogens is 1. The zero-order chi connectivity index (χ0) is 14.2. The number of rotatable bonds is 3. The van der Waals surface area contributed by atoms with Crippen LogP contribution < -0.4 is 5.32 Å². The van der Waals surface area contributed by atoms with Gasteiger partial charge in [-0.25, -0.2) is 0 Å². The van der Waals surface area contributed by atoms with E-state index in [0.29, 0.717) is 6.54 Å². The van der Waals surface area contributed by atoms with Gasteiger partial charge in [-0.1, -0.05) is 26.8 Å². The van der Waals surface area contributed by atoms with Gasteiger partial charge in [-0.15, -0.1) is 0 Å². The summed E-state index contributed by atoms with van der Waals surface area (Å²) < 4.78 is 0. The molecule has 1 atom stereocenters. The van der Waals surface area contributed by atoms with E-state index in [1.54, 1.807) is 0 Å². The van der Waals surface area contributed by atoms with Crippen molar-refractivity contribution in [3.05, 3.63) is 35.0 Å². The number of aromatic amines is 1. The third-order valence-corrected chi connectivity index (χ3v) is 3.63. The Morgan fingerprint density at radius 1 is 1.32 bits per heavy atom. The molecule has 1 heterocycles. The summed E-state index contributed by atoms with van der Waals surface area (Å²) in [4.78, 5) is 3.36. The molecular formula is C16H24N2O. The highest BCUT2D eigenvalue weighted by Gasteiger charge is 2.19. The first-order valence-electron chi connectivity index (χ1n) is 6.80. The van der Waals surface area contributed by atoms with Crippen molar-refractivity contribution in [1.82, 2.24) is 10.3 Å². The molecule has 3 N–H and O–H groups in total. The van der Waals surface area contributed by atoms with E-state index in [4.69, 9.17) is 0 Å². The minimum absolute atomic E-state index is 0.116. The van der Waals surface area contributed by atoms with Crippen LogP contribution in [0.3, 0.4) is 0 Å². The normalized spacial score (nSPS) is 14.0. The molecular weight excluding hydrogens is 236 g/mol. The molecule has 0 spiro atoms. The molecule has 19 heavy (non-hydrogen) atoms. The van der Waals surface area contributed by atoms with Gasteiger partial charge < -0.3 is 15.4 Å². The molecule has 0 saturated heterocycles. The van der Waals surface area contributed by atoms with Crippen LogP contribution in [0.1, 0.15) is 43.7 Å². The molecule has 2 aromatic rings. The zero-order valence-corrected chi connectivity index (χ0v) is 12.5. The van der Waals surface area contributed by atoms with E-state index in [0.717, 1.165) is 22.2 Å². The molecule has 0 radical (unpaired) electrons. The van der Waals surface area contributed by atoms with E-state index in [1.807, 2.05) is 14.0 Å². The van der Waals surface area contributed by atoms with Crippen molar-refractivity contribution >= 4 is 10.9 Å². The van der Waals surface area contributed by atoms with E-state index < -0.39 is 6.10 Å². The maximum absolute atomic E-state index is 10.3. The fraction of sp³-hybridized carbons (Fsp3) is 0.500. The summed E-state index contributed by atoms with van der Waals surface area (Å²) in [5.41, 5.74) is 4.55. The predicted molar refractivity (Wildman–Crippen MR) is 80.6 cm³/mol. The van der Waals surface area contributed by atoms with Gasteiger partial charge in [-0.05, 0) is 37.1 Å². The number of fused-ring (bicyclic) bond motifs is 1. The van der Waals surface area contributed by atoms with Crippen LogP contribution in [0.25, 0.3) is 10.9 Å². The molecule has 1 aromatic heterocycles. The quantitative estimate of drug-likeness (QED) is 0.794. The van der Waals surface area contributed by atoms with E-state index in [2.05, 4.69) is 49.3 Å². The van der Waals surface area contributed by atoms with Crippen molar-refractivity contribution in [3.63, 3.8) is 0 Å². The van der Waals surface area contributed by atoms with Crippen LogP contribution in [0.15, 0.2) is 18.2 Å². The SMILES string of the molecule is CNCC(O)c1c(C)[nH]c2ccc(C(C)(C)C)cc12. The van der Waals surface area contributed by atoms with Crippen LogP contribution in [-0.2, 0) is 5.41 Å². The second-order valence-corrected chi connectivity index (χ2v) is 6.25. The Hall–Kier alpha value is -1.32. The third-order valence-electron chi connectivity index (χ3n) is 3.63. The third kappa shape index (κ3) is 2.67. The first-order valence-corrected chi connectivity index (χ1v) is 6.80. The molecule has 0 aliphatic rings. The molecule has 1 aromatic carbocycles. The lowest BCUT2D eigenvalue weighted by Crippen LogP contribution is -2.17. The zero-order valence-electron chi connectivity index (χ0n) is 12.5. The molecule has 0 aliphatic heterocycles. The second-order valence-electron chi connectivity index (χ2n) is 6.25. The van der Waals surface area contributed by atoms with Gasteiger partial charge in [0.25, 0.3) is 0 Å². The van der Waals surface area contributed by atoms with Crippen molar-refractivity contribution < 1.29 is 5.11 Å². The smallest absolute Gasteiger partial charge is 0.0937 e. The predicted octanol–water partition coefficient (Wildman–Crippen LogP) is 3.03. The van der Waals surface area contributed by atoms with Crippen molar-refractivity contribution in [3.8, 4) is 0 Å². The topological polar surface area (TPSA) is 48.0 Å². The minimum Gasteiger partial charge on any atom is -0.387 e. The Balaban J connectivity index is 2.59. The van der Waals surface area contributed by atoms with Crippen molar-refractivity contribution in [2.45, 2.75) is 39.2 Å². The van der Waals surface area contributed by atoms with Gasteiger partial charge >= 0.3 is 0 Å². The summed E-state index contributed by atoms with van der Waals surface area (Å²) >= 11 is 0. The van der Waals surface area contributed by atoms with Crippen molar-refractivity contribution in [2.75, 3.05) is 13.6 Å². The first kappa shape index (κ1) is 14.1. The Labute approximate surface area is 115 Å². The van der Waals surface area contributed by atoms with Crippen LogP contribution in [0.2, 0.25) is 0 Å². The average molecular weight is 260 g/mol. The van der Waals surface area contributed by atoms with Gasteiger partial charge in [0.2, 0.25) is 0 Å². The number of likely N-dealkylation sites (N-methyl/N-ethyl adjacent to an activating group) is 1. The lowest BCUT2D eigenvalue weighted by Gasteiger charge is -2.19. The number of nitrogens with one attached hydrogen (secondary N) is 2. The van der Waals surface area contributed by atoms with Crippen molar-refractivity contribution in [1.29, 1.82) is 0 Å². The van der Waals surface area contributed by atoms with Crippen LogP contribution in [0, 0.1) is 6.92 Å². The lowest BCUT2D eigenvalue weighted by molar-refractivity contribution is 0.178. The summed E-state index contributed by atoms with van der Waals surface area (Å²) in [6, 6.07) is 6.47. The van der Waals surface area contributed by atoms with Gasteiger partial charge in [0, 0.05) is 28.7 Å². The van der Waals surface area contributed by atoms with E-state index in [-0.39, 0.29) is 5.41 Å². The van der Waals surface area contributed by atoms with E-state index in [1.165, 1.54) is 5.56 Å². The standard InChI is InChI=1S/C16H24N2O/c1-10-15(14(19)9-17-5)12-8-11(16(2,3)4)6-7-13(12)18-10/h6-8,14,17-19H,9H2,1-5H3. The molecule has 0 bridgehead atoms. The maximum Gasteiger partial charge on any atom is 0.0937 e. The molecule has 2 rings (SSSR count). The number of aromatic nitrogens is 1. The molecule has 3 nitrogen and oxygen atoms in total. The fourth-order valence-electron chi connectivity index (χ4n) is 2.54. The van der Waals surface area contributed by atoms with Gasteiger partial charge in [-0.3, -0.25) is 0 Å². The fourth-order valence-corrected chi connectivity index (χ4v) is 2.54. The van der Waals surface area contributed by atoms with Gasteiger partial charge in [0.15, 0.2) is 0 Å². The van der Waals surface area contributed by atoms with Gasteiger partial charge in [-0.2, -0.15) is 0 Å². The van der Waals surface area contributed by atoms with Crippen LogP contribution >= 0.6 is 0 Å². The molecule has 0 amide bonds. The molecule has 104 valence electrons. The summed E-state index contributed by atoms with van der Waals surface area (Å²) in [5, 5.41) is 14.5. The Bertz CT molecular complexity index is 578. The summed E-state index contributed by atoms with van der Waals surface area (Å²) in [7, 11) is 1.86.